The number of hydrogen-bond acceptors (Lipinski definition) is 3. The van der Waals surface area contributed by atoms with Crippen molar-refractivity contribution in [1.82, 2.24) is 4.90 Å². The number of nitrogens with zero attached hydrogens (tertiary/aromatic N) is 1. The first kappa shape index (κ1) is 14.7. The molecule has 0 radical (unpaired) electrons. The van der Waals surface area contributed by atoms with E-state index in [9.17, 15) is 4.79 Å². The Labute approximate surface area is 117 Å². The Morgan fingerprint density at radius 2 is 2.11 bits per heavy atom. The van der Waals surface area contributed by atoms with E-state index in [-0.39, 0.29) is 5.92 Å². The molecule has 19 heavy (non-hydrogen) atoms. The molecule has 2 rings (SSSR count). The smallest absolute Gasteiger partial charge is 0.162 e. The maximum Gasteiger partial charge on any atom is 0.162 e. The summed E-state index contributed by atoms with van der Waals surface area (Å²) in [7, 11) is 0. The van der Waals surface area contributed by atoms with Crippen LogP contribution in [0, 0.1) is 5.92 Å². The second-order valence-electron chi connectivity index (χ2n) is 5.74. The summed E-state index contributed by atoms with van der Waals surface area (Å²) in [5, 5.41) is 0. The van der Waals surface area contributed by atoms with E-state index in [2.05, 4.69) is 17.9 Å². The van der Waals surface area contributed by atoms with Crippen molar-refractivity contribution >= 4 is 5.78 Å². The lowest BCUT2D eigenvalue weighted by molar-refractivity contribution is -0.118. The predicted octanol–water partition coefficient (Wildman–Crippen LogP) is 2.80. The van der Waals surface area contributed by atoms with Gasteiger partial charge in [0.1, 0.15) is 0 Å². The molecule has 1 saturated heterocycles. The van der Waals surface area contributed by atoms with Crippen molar-refractivity contribution in [3.8, 4) is 0 Å². The lowest BCUT2D eigenvalue weighted by Gasteiger charge is -2.28. The van der Waals surface area contributed by atoms with Crippen molar-refractivity contribution in [2.75, 3.05) is 32.8 Å². The molecule has 1 unspecified atom stereocenters. The lowest BCUT2D eigenvalue weighted by atomic mass is 10.0. The molecule has 1 atom stereocenters. The molecule has 1 aliphatic carbocycles. The van der Waals surface area contributed by atoms with E-state index < -0.39 is 0 Å². The third-order valence-corrected chi connectivity index (χ3v) is 4.23. The number of carbonyl (C=O) groups excluding carboxylic acids is 1. The Hall–Kier alpha value is -0.670. The molecule has 0 aromatic rings. The van der Waals surface area contributed by atoms with Gasteiger partial charge < -0.3 is 4.74 Å². The highest BCUT2D eigenvalue weighted by Crippen LogP contribution is 2.28. The normalized spacial score (nSPS) is 27.3. The Bertz CT molecular complexity index is 319. The summed E-state index contributed by atoms with van der Waals surface area (Å²) in [5.74, 6) is 0.665. The van der Waals surface area contributed by atoms with Gasteiger partial charge in [-0.15, -0.1) is 0 Å². The Morgan fingerprint density at radius 1 is 1.32 bits per heavy atom. The monoisotopic (exact) mass is 265 g/mol. The van der Waals surface area contributed by atoms with E-state index in [0.717, 1.165) is 57.7 Å². The molecule has 3 heteroatoms. The second-order valence-corrected chi connectivity index (χ2v) is 5.74. The Balaban J connectivity index is 1.76. The molecule has 2 fully saturated rings. The quantitative estimate of drug-likeness (QED) is 0.546. The molecule has 0 bridgehead atoms. The maximum absolute atomic E-state index is 12.3. The molecule has 0 aromatic carbocycles. The zero-order valence-electron chi connectivity index (χ0n) is 12.2. The highest BCUT2D eigenvalue weighted by molar-refractivity contribution is 5.99. The van der Waals surface area contributed by atoms with Crippen LogP contribution in [0.4, 0.5) is 0 Å². The van der Waals surface area contributed by atoms with E-state index in [1.54, 1.807) is 0 Å². The molecular weight excluding hydrogens is 238 g/mol. The molecule has 0 N–H and O–H groups in total. The second kappa shape index (κ2) is 7.81. The molecule has 1 aliphatic heterocycles. The molecular formula is C16H27NO2. The van der Waals surface area contributed by atoms with Crippen LogP contribution in [0.2, 0.25) is 0 Å². The van der Waals surface area contributed by atoms with Gasteiger partial charge in [-0.3, -0.25) is 9.69 Å². The van der Waals surface area contributed by atoms with E-state index in [1.165, 1.54) is 19.3 Å². The van der Waals surface area contributed by atoms with Gasteiger partial charge in [-0.05, 0) is 31.3 Å². The van der Waals surface area contributed by atoms with Crippen molar-refractivity contribution in [1.29, 1.82) is 0 Å². The number of unbranched alkanes of at least 4 members (excludes halogenated alkanes) is 3. The van der Waals surface area contributed by atoms with Crippen LogP contribution in [0.1, 0.15) is 45.4 Å². The fourth-order valence-corrected chi connectivity index (χ4v) is 2.99. The van der Waals surface area contributed by atoms with Crippen LogP contribution in [0.25, 0.3) is 0 Å². The molecule has 1 saturated carbocycles. The van der Waals surface area contributed by atoms with Gasteiger partial charge in [0, 0.05) is 25.6 Å². The minimum atomic E-state index is 0.246. The minimum absolute atomic E-state index is 0.246. The molecule has 0 amide bonds. The average molecular weight is 265 g/mol. The van der Waals surface area contributed by atoms with E-state index in [1.807, 2.05) is 0 Å². The van der Waals surface area contributed by atoms with E-state index >= 15 is 0 Å². The van der Waals surface area contributed by atoms with Crippen LogP contribution in [0.3, 0.4) is 0 Å². The van der Waals surface area contributed by atoms with Crippen molar-refractivity contribution in [3.05, 3.63) is 11.6 Å². The molecule has 1 heterocycles. The van der Waals surface area contributed by atoms with Gasteiger partial charge in [0.2, 0.25) is 0 Å². The van der Waals surface area contributed by atoms with Gasteiger partial charge in [-0.25, -0.2) is 0 Å². The highest BCUT2D eigenvalue weighted by Gasteiger charge is 2.30. The summed E-state index contributed by atoms with van der Waals surface area (Å²) in [4.78, 5) is 14.7. The number of morpholine rings is 1. The number of Topliss-reactive ketones (excluding diaryl/α,β-unsaturated/α-hetero) is 1. The Kier molecular flexibility index (Phi) is 6.05. The maximum atomic E-state index is 12.3. The van der Waals surface area contributed by atoms with E-state index in [0.29, 0.717) is 5.78 Å². The standard InChI is InChI=1S/C16H27NO2/c1-2-3-4-5-6-14-7-8-15(16(14)18)13-17-9-11-19-12-10-17/h6,15H,2-5,7-13H2,1H3/b14-6-. The van der Waals surface area contributed by atoms with Crippen LogP contribution in [-0.2, 0) is 9.53 Å². The first-order valence-electron chi connectivity index (χ1n) is 7.84. The first-order chi connectivity index (χ1) is 9.31. The molecule has 0 spiro atoms. The molecule has 108 valence electrons. The summed E-state index contributed by atoms with van der Waals surface area (Å²) in [6.07, 6.45) is 9.08. The lowest BCUT2D eigenvalue weighted by Crippen LogP contribution is -2.40. The number of ketones is 1. The van der Waals surface area contributed by atoms with Gasteiger partial charge in [0.25, 0.3) is 0 Å². The first-order valence-corrected chi connectivity index (χ1v) is 7.84. The fraction of sp³-hybridized carbons (Fsp3) is 0.812. The van der Waals surface area contributed by atoms with Crippen LogP contribution in [0.15, 0.2) is 11.6 Å². The van der Waals surface area contributed by atoms with Crippen LogP contribution >= 0.6 is 0 Å². The largest absolute Gasteiger partial charge is 0.379 e. The topological polar surface area (TPSA) is 29.5 Å². The summed E-state index contributed by atoms with van der Waals surface area (Å²) in [5.41, 5.74) is 1.11. The summed E-state index contributed by atoms with van der Waals surface area (Å²) < 4.78 is 5.35. The van der Waals surface area contributed by atoms with Gasteiger partial charge in [-0.1, -0.05) is 25.8 Å². The minimum Gasteiger partial charge on any atom is -0.379 e. The number of ether oxygens (including phenoxy) is 1. The van der Waals surface area contributed by atoms with E-state index in [4.69, 9.17) is 4.74 Å². The fourth-order valence-electron chi connectivity index (χ4n) is 2.99. The predicted molar refractivity (Wildman–Crippen MR) is 77.2 cm³/mol. The third kappa shape index (κ3) is 4.43. The van der Waals surface area contributed by atoms with Crippen LogP contribution in [0.5, 0.6) is 0 Å². The molecule has 3 nitrogen and oxygen atoms in total. The summed E-state index contributed by atoms with van der Waals surface area (Å²) in [6, 6.07) is 0. The zero-order chi connectivity index (χ0) is 13.5. The SMILES string of the molecule is CCCCC/C=C1/CCC(CN2CCOCC2)C1=O. The third-order valence-electron chi connectivity index (χ3n) is 4.23. The van der Waals surface area contributed by atoms with Crippen molar-refractivity contribution in [2.45, 2.75) is 45.4 Å². The number of allylic oxidation sites excluding steroid dienone is 2. The highest BCUT2D eigenvalue weighted by atomic mass is 16.5. The van der Waals surface area contributed by atoms with Gasteiger partial charge in [-0.2, -0.15) is 0 Å². The van der Waals surface area contributed by atoms with Crippen molar-refractivity contribution in [2.24, 2.45) is 5.92 Å². The van der Waals surface area contributed by atoms with Crippen LogP contribution < -0.4 is 0 Å². The van der Waals surface area contributed by atoms with Gasteiger partial charge in [0.15, 0.2) is 5.78 Å². The summed E-state index contributed by atoms with van der Waals surface area (Å²) >= 11 is 0. The Morgan fingerprint density at radius 3 is 2.84 bits per heavy atom. The molecule has 0 aromatic heterocycles. The summed E-state index contributed by atoms with van der Waals surface area (Å²) in [6.45, 7) is 6.76. The number of rotatable bonds is 6. The van der Waals surface area contributed by atoms with Gasteiger partial charge in [0.05, 0.1) is 13.2 Å². The van der Waals surface area contributed by atoms with Gasteiger partial charge >= 0.3 is 0 Å². The van der Waals surface area contributed by atoms with Crippen molar-refractivity contribution < 1.29 is 9.53 Å². The number of hydrogen-bond donors (Lipinski definition) is 0. The molecule has 2 aliphatic rings. The zero-order valence-corrected chi connectivity index (χ0v) is 12.2. The number of carbonyl (C=O) groups is 1. The van der Waals surface area contributed by atoms with Crippen molar-refractivity contribution in [3.63, 3.8) is 0 Å². The van der Waals surface area contributed by atoms with Crippen LogP contribution in [-0.4, -0.2) is 43.5 Å². The average Bonchev–Trinajstić information content (AvgIpc) is 2.78.